The van der Waals surface area contributed by atoms with Crippen LogP contribution in [-0.4, -0.2) is 37.9 Å². The standard InChI is InChI=1S/C14H16Br2FNO4S/c1-2-22-14(19)12-5-3-4-6-18(12)23(20,21)13-10(15)7-9(17)8-11(13)16/h7-8,12H,2-6H2,1H3. The van der Waals surface area contributed by atoms with Crippen molar-refractivity contribution in [2.45, 2.75) is 37.1 Å². The highest BCUT2D eigenvalue weighted by Gasteiger charge is 2.40. The molecule has 1 aliphatic rings. The van der Waals surface area contributed by atoms with Gasteiger partial charge < -0.3 is 4.74 Å². The third-order valence-electron chi connectivity index (χ3n) is 3.54. The summed E-state index contributed by atoms with van der Waals surface area (Å²) in [5.41, 5.74) is 0. The number of ether oxygens (including phenoxy) is 1. The van der Waals surface area contributed by atoms with E-state index in [1.807, 2.05) is 0 Å². The molecule has 1 aromatic rings. The molecule has 1 unspecified atom stereocenters. The lowest BCUT2D eigenvalue weighted by Gasteiger charge is -2.33. The molecule has 9 heteroatoms. The first-order valence-electron chi connectivity index (χ1n) is 7.12. The molecule has 2 rings (SSSR count). The highest BCUT2D eigenvalue weighted by Crippen LogP contribution is 2.35. The van der Waals surface area contributed by atoms with Crippen LogP contribution in [0.25, 0.3) is 0 Å². The molecular formula is C14H16Br2FNO4S. The molecular weight excluding hydrogens is 457 g/mol. The van der Waals surface area contributed by atoms with Crippen LogP contribution in [0.4, 0.5) is 4.39 Å². The number of nitrogens with zero attached hydrogens (tertiary/aromatic N) is 1. The number of piperidine rings is 1. The second-order valence-corrected chi connectivity index (χ2v) is 8.61. The molecule has 0 spiro atoms. The smallest absolute Gasteiger partial charge is 0.324 e. The van der Waals surface area contributed by atoms with Crippen molar-refractivity contribution in [1.29, 1.82) is 0 Å². The molecule has 5 nitrogen and oxygen atoms in total. The van der Waals surface area contributed by atoms with Crippen molar-refractivity contribution in [2.75, 3.05) is 13.2 Å². The van der Waals surface area contributed by atoms with Crippen molar-refractivity contribution in [1.82, 2.24) is 4.31 Å². The number of carbonyl (C=O) groups is 1. The Morgan fingerprint density at radius 1 is 1.35 bits per heavy atom. The van der Waals surface area contributed by atoms with Gasteiger partial charge in [-0.25, -0.2) is 12.8 Å². The second-order valence-electron chi connectivity index (χ2n) is 5.08. The monoisotopic (exact) mass is 471 g/mol. The maximum atomic E-state index is 13.4. The molecule has 0 N–H and O–H groups in total. The fourth-order valence-corrected chi connectivity index (χ4v) is 6.66. The summed E-state index contributed by atoms with van der Waals surface area (Å²) in [5, 5.41) is 0. The molecule has 0 aromatic heterocycles. The van der Waals surface area contributed by atoms with Crippen molar-refractivity contribution in [3.8, 4) is 0 Å². The Morgan fingerprint density at radius 2 is 1.96 bits per heavy atom. The first kappa shape index (κ1) is 18.8. The van der Waals surface area contributed by atoms with Crippen LogP contribution in [-0.2, 0) is 19.6 Å². The first-order valence-corrected chi connectivity index (χ1v) is 10.1. The van der Waals surface area contributed by atoms with Crippen LogP contribution >= 0.6 is 31.9 Å². The molecule has 1 aromatic carbocycles. The third kappa shape index (κ3) is 3.94. The molecule has 1 aliphatic heterocycles. The second kappa shape index (κ2) is 7.58. The Bertz CT molecular complexity index is 688. The maximum absolute atomic E-state index is 13.4. The average molecular weight is 473 g/mol. The third-order valence-corrected chi connectivity index (χ3v) is 7.33. The quantitative estimate of drug-likeness (QED) is 0.629. The van der Waals surface area contributed by atoms with Gasteiger partial charge in [-0.1, -0.05) is 0 Å². The van der Waals surface area contributed by atoms with E-state index in [1.54, 1.807) is 6.92 Å². The molecule has 1 heterocycles. The van der Waals surface area contributed by atoms with Gasteiger partial charge in [0.25, 0.3) is 0 Å². The van der Waals surface area contributed by atoms with Crippen LogP contribution < -0.4 is 0 Å². The van der Waals surface area contributed by atoms with Gasteiger partial charge in [0.05, 0.1) is 6.61 Å². The number of hydrogen-bond donors (Lipinski definition) is 0. The maximum Gasteiger partial charge on any atom is 0.324 e. The highest BCUT2D eigenvalue weighted by atomic mass is 79.9. The molecule has 23 heavy (non-hydrogen) atoms. The molecule has 1 fully saturated rings. The Hall–Kier alpha value is -0.510. The zero-order chi connectivity index (χ0) is 17.2. The van der Waals surface area contributed by atoms with Crippen molar-refractivity contribution < 1.29 is 22.3 Å². The van der Waals surface area contributed by atoms with Gasteiger partial charge >= 0.3 is 5.97 Å². The Morgan fingerprint density at radius 3 is 2.52 bits per heavy atom. The van der Waals surface area contributed by atoms with E-state index in [4.69, 9.17) is 4.74 Å². The predicted octanol–water partition coefficient (Wildman–Crippen LogP) is 3.46. The minimum absolute atomic E-state index is 0.0879. The molecule has 0 saturated carbocycles. The van der Waals surface area contributed by atoms with Crippen LogP contribution in [0.15, 0.2) is 26.0 Å². The zero-order valence-electron chi connectivity index (χ0n) is 12.4. The van der Waals surface area contributed by atoms with Gasteiger partial charge in [0.15, 0.2) is 0 Å². The highest BCUT2D eigenvalue weighted by molar-refractivity contribution is 9.11. The van der Waals surface area contributed by atoms with Gasteiger partial charge in [-0.05, 0) is 70.2 Å². The molecule has 1 atom stereocenters. The number of benzene rings is 1. The van der Waals surface area contributed by atoms with Crippen LogP contribution in [0.1, 0.15) is 26.2 Å². The summed E-state index contributed by atoms with van der Waals surface area (Å²) in [6.07, 6.45) is 1.82. The number of rotatable bonds is 4. The summed E-state index contributed by atoms with van der Waals surface area (Å²) >= 11 is 6.19. The Labute approximate surface area is 151 Å². The van der Waals surface area contributed by atoms with E-state index in [-0.39, 0.29) is 27.0 Å². The summed E-state index contributed by atoms with van der Waals surface area (Å²) in [6, 6.07) is 1.32. The molecule has 0 amide bonds. The van der Waals surface area contributed by atoms with Crippen molar-refractivity contribution in [3.63, 3.8) is 0 Å². The van der Waals surface area contributed by atoms with Crippen LogP contribution in [0.2, 0.25) is 0 Å². The van der Waals surface area contributed by atoms with Crippen LogP contribution in [0.3, 0.4) is 0 Å². The van der Waals surface area contributed by atoms with E-state index in [2.05, 4.69) is 31.9 Å². The van der Waals surface area contributed by atoms with Crippen LogP contribution in [0, 0.1) is 5.82 Å². The fourth-order valence-electron chi connectivity index (χ4n) is 2.56. The molecule has 0 aliphatic carbocycles. The predicted molar refractivity (Wildman–Crippen MR) is 90.0 cm³/mol. The van der Waals surface area contributed by atoms with Gasteiger partial charge in [0.1, 0.15) is 16.8 Å². The molecule has 0 radical (unpaired) electrons. The Kier molecular flexibility index (Phi) is 6.21. The van der Waals surface area contributed by atoms with Crippen molar-refractivity contribution >= 4 is 47.9 Å². The summed E-state index contributed by atoms with van der Waals surface area (Å²) in [6.45, 7) is 2.09. The normalized spacial score (nSPS) is 19.6. The average Bonchev–Trinajstić information content (AvgIpc) is 2.46. The van der Waals surface area contributed by atoms with E-state index >= 15 is 0 Å². The van der Waals surface area contributed by atoms with Gasteiger partial charge in [0, 0.05) is 15.5 Å². The number of carbonyl (C=O) groups excluding carboxylic acids is 1. The topological polar surface area (TPSA) is 63.7 Å². The minimum atomic E-state index is -3.98. The lowest BCUT2D eigenvalue weighted by Crippen LogP contribution is -2.48. The van der Waals surface area contributed by atoms with E-state index in [1.165, 1.54) is 0 Å². The van der Waals surface area contributed by atoms with Gasteiger partial charge in [0.2, 0.25) is 10.0 Å². The van der Waals surface area contributed by atoms with Gasteiger partial charge in [-0.3, -0.25) is 4.79 Å². The number of sulfonamides is 1. The summed E-state index contributed by atoms with van der Waals surface area (Å²) in [5.74, 6) is -1.12. The van der Waals surface area contributed by atoms with Crippen molar-refractivity contribution in [2.24, 2.45) is 0 Å². The molecule has 128 valence electrons. The summed E-state index contributed by atoms with van der Waals surface area (Å²) in [4.78, 5) is 12.0. The van der Waals surface area contributed by atoms with E-state index in [0.29, 0.717) is 12.8 Å². The summed E-state index contributed by atoms with van der Waals surface area (Å²) < 4.78 is 45.8. The van der Waals surface area contributed by atoms with E-state index in [9.17, 15) is 17.6 Å². The zero-order valence-corrected chi connectivity index (χ0v) is 16.4. The SMILES string of the molecule is CCOC(=O)C1CCCCN1S(=O)(=O)c1c(Br)cc(F)cc1Br. The molecule has 1 saturated heterocycles. The minimum Gasteiger partial charge on any atom is -0.465 e. The van der Waals surface area contributed by atoms with E-state index in [0.717, 1.165) is 22.9 Å². The Balaban J connectivity index is 2.46. The number of hydrogen-bond acceptors (Lipinski definition) is 4. The lowest BCUT2D eigenvalue weighted by molar-refractivity contribution is -0.148. The fraction of sp³-hybridized carbons (Fsp3) is 0.500. The number of halogens is 3. The van der Waals surface area contributed by atoms with E-state index < -0.39 is 27.9 Å². The lowest BCUT2D eigenvalue weighted by atomic mass is 10.1. The summed E-state index contributed by atoms with van der Waals surface area (Å²) in [7, 11) is -3.98. The van der Waals surface area contributed by atoms with Crippen molar-refractivity contribution in [3.05, 3.63) is 26.9 Å². The molecule has 0 bridgehead atoms. The van der Waals surface area contributed by atoms with Gasteiger partial charge in [-0.2, -0.15) is 4.31 Å². The number of esters is 1. The van der Waals surface area contributed by atoms with Gasteiger partial charge in [-0.15, -0.1) is 0 Å². The van der Waals surface area contributed by atoms with Crippen LogP contribution in [0.5, 0.6) is 0 Å². The first-order chi connectivity index (χ1) is 10.8. The largest absolute Gasteiger partial charge is 0.465 e.